The van der Waals surface area contributed by atoms with Crippen LogP contribution in [-0.4, -0.2) is 4.57 Å². The Morgan fingerprint density at radius 1 is 0.433 bits per heavy atom. The summed E-state index contributed by atoms with van der Waals surface area (Å²) < 4.78 is 8.98. The fraction of sp³-hybridized carbons (Fsp3) is 0.0526. The smallest absolute Gasteiger partial charge is 0.135 e. The Kier molecular flexibility index (Phi) is 7.58. The van der Waals surface area contributed by atoms with E-state index in [1.54, 1.807) is 0 Å². The summed E-state index contributed by atoms with van der Waals surface area (Å²) in [6, 6.07) is 74.8. The highest BCUT2D eigenvalue weighted by atomic mass is 16.3. The van der Waals surface area contributed by atoms with E-state index in [1.165, 1.54) is 66.4 Å². The maximum atomic E-state index is 6.60. The zero-order chi connectivity index (χ0) is 40.0. The number of nitrogens with zero attached hydrogens (tertiary/aromatic N) is 2. The molecule has 0 N–H and O–H groups in total. The fourth-order valence-corrected chi connectivity index (χ4v) is 10.1. The van der Waals surface area contributed by atoms with Crippen molar-refractivity contribution in [1.82, 2.24) is 4.57 Å². The maximum Gasteiger partial charge on any atom is 0.135 e. The lowest BCUT2D eigenvalue weighted by molar-refractivity contribution is 0.660. The lowest BCUT2D eigenvalue weighted by Crippen LogP contribution is -2.20. The summed E-state index contributed by atoms with van der Waals surface area (Å²) in [5, 5.41) is 4.67. The van der Waals surface area contributed by atoms with E-state index in [1.807, 2.05) is 0 Å². The van der Waals surface area contributed by atoms with Crippen LogP contribution < -0.4 is 4.90 Å². The molecule has 12 rings (SSSR count). The molecule has 2 aromatic heterocycles. The molecule has 0 atom stereocenters. The van der Waals surface area contributed by atoms with Gasteiger partial charge in [-0.2, -0.15) is 0 Å². The normalized spacial score (nSPS) is 13.0. The molecule has 0 unspecified atom stereocenters. The van der Waals surface area contributed by atoms with Gasteiger partial charge in [0, 0.05) is 44.0 Å². The maximum absolute atomic E-state index is 6.60. The number of benzene rings is 9. The van der Waals surface area contributed by atoms with Gasteiger partial charge in [0.05, 0.1) is 16.7 Å². The first kappa shape index (κ1) is 34.4. The largest absolute Gasteiger partial charge is 0.456 e. The quantitative estimate of drug-likeness (QED) is 0.168. The molecule has 3 heteroatoms. The van der Waals surface area contributed by atoms with E-state index in [4.69, 9.17) is 4.42 Å². The molecule has 9 aromatic carbocycles. The summed E-state index contributed by atoms with van der Waals surface area (Å²) in [6.07, 6.45) is 0. The first-order chi connectivity index (χ1) is 29.5. The van der Waals surface area contributed by atoms with Gasteiger partial charge in [-0.15, -0.1) is 0 Å². The Morgan fingerprint density at radius 2 is 1.03 bits per heavy atom. The first-order valence-corrected chi connectivity index (χ1v) is 20.8. The van der Waals surface area contributed by atoms with Crippen LogP contribution in [-0.2, 0) is 5.41 Å². The second kappa shape index (κ2) is 13.2. The van der Waals surface area contributed by atoms with Gasteiger partial charge in [0.2, 0.25) is 0 Å². The van der Waals surface area contributed by atoms with Crippen molar-refractivity contribution >= 4 is 60.8 Å². The summed E-state index contributed by atoms with van der Waals surface area (Å²) in [6.45, 7) is 4.73. The van der Waals surface area contributed by atoms with Crippen molar-refractivity contribution in [3.8, 4) is 39.1 Å². The van der Waals surface area contributed by atoms with E-state index in [2.05, 4.69) is 230 Å². The predicted molar refractivity (Wildman–Crippen MR) is 251 cm³/mol. The number of anilines is 3. The lowest BCUT2D eigenvalue weighted by Gasteiger charge is -2.32. The van der Waals surface area contributed by atoms with Crippen molar-refractivity contribution in [3.05, 3.63) is 217 Å². The summed E-state index contributed by atoms with van der Waals surface area (Å²) in [4.78, 5) is 2.45. The number of aromatic nitrogens is 1. The van der Waals surface area contributed by atoms with Crippen LogP contribution in [0.1, 0.15) is 25.0 Å². The van der Waals surface area contributed by atoms with Crippen LogP contribution in [0.15, 0.2) is 211 Å². The SMILES string of the molecule is CC1(C)c2ccccc2-c2cccc(N(c3ccc(-c4ccccc4)cc3)c3ccc4oc5ccc(-c6cccc7c6c6ccccc6n7-c6ccccc6)cc5c4c3)c21. The Hall–Kier alpha value is -7.62. The second-order valence-electron chi connectivity index (χ2n) is 16.5. The average Bonchev–Trinajstić information content (AvgIpc) is 3.92. The van der Waals surface area contributed by atoms with Crippen LogP contribution in [0.25, 0.3) is 82.8 Å². The van der Waals surface area contributed by atoms with Gasteiger partial charge < -0.3 is 13.9 Å². The number of furan rings is 1. The molecule has 284 valence electrons. The van der Waals surface area contributed by atoms with Crippen LogP contribution in [0.5, 0.6) is 0 Å². The molecule has 11 aromatic rings. The lowest BCUT2D eigenvalue weighted by atomic mass is 9.81. The molecule has 2 heterocycles. The van der Waals surface area contributed by atoms with Gasteiger partial charge in [-0.25, -0.2) is 0 Å². The zero-order valence-corrected chi connectivity index (χ0v) is 33.4. The minimum absolute atomic E-state index is 0.198. The van der Waals surface area contributed by atoms with Gasteiger partial charge in [-0.3, -0.25) is 0 Å². The highest BCUT2D eigenvalue weighted by Gasteiger charge is 2.38. The Bertz CT molecular complexity index is 3450. The molecule has 0 saturated carbocycles. The molecular formula is C57H40N2O. The van der Waals surface area contributed by atoms with E-state index in [-0.39, 0.29) is 5.41 Å². The molecule has 1 aliphatic carbocycles. The Balaban J connectivity index is 1.05. The summed E-state index contributed by atoms with van der Waals surface area (Å²) in [5.74, 6) is 0. The van der Waals surface area contributed by atoms with Gasteiger partial charge in [-0.1, -0.05) is 147 Å². The van der Waals surface area contributed by atoms with Crippen LogP contribution in [0.3, 0.4) is 0 Å². The number of rotatable bonds is 6. The second-order valence-corrected chi connectivity index (χ2v) is 16.5. The average molecular weight is 769 g/mol. The van der Waals surface area contributed by atoms with Crippen LogP contribution >= 0.6 is 0 Å². The number of hydrogen-bond acceptors (Lipinski definition) is 2. The predicted octanol–water partition coefficient (Wildman–Crippen LogP) is 15.8. The molecule has 0 aliphatic heterocycles. The van der Waals surface area contributed by atoms with Crippen molar-refractivity contribution in [3.63, 3.8) is 0 Å². The summed E-state index contributed by atoms with van der Waals surface area (Å²) in [7, 11) is 0. The van der Waals surface area contributed by atoms with E-state index in [9.17, 15) is 0 Å². The third-order valence-electron chi connectivity index (χ3n) is 12.8. The number of para-hydroxylation sites is 2. The summed E-state index contributed by atoms with van der Waals surface area (Å²) in [5.41, 5.74) is 18.5. The van der Waals surface area contributed by atoms with Gasteiger partial charge in [0.25, 0.3) is 0 Å². The number of hydrogen-bond donors (Lipinski definition) is 0. The van der Waals surface area contributed by atoms with Crippen molar-refractivity contribution in [2.75, 3.05) is 4.90 Å². The van der Waals surface area contributed by atoms with Gasteiger partial charge in [-0.05, 0) is 117 Å². The van der Waals surface area contributed by atoms with Crippen LogP contribution in [0.4, 0.5) is 17.1 Å². The Labute approximate surface area is 349 Å². The minimum Gasteiger partial charge on any atom is -0.456 e. The molecular weight excluding hydrogens is 729 g/mol. The standard InChI is InChI=1S/C57H40N2O/c1-57(2)49-23-11-9-19-44(49)45-22-14-26-52(56(45)57)58(41-30-27-38(28-31-41)37-15-5-3-6-16-37)42-32-34-54-48(36-42)47-35-39(29-33-53(47)60-54)43-21-13-25-51-55(43)46-20-10-12-24-50(46)59(51)40-17-7-4-8-18-40/h3-36H,1-2H3. The zero-order valence-electron chi connectivity index (χ0n) is 33.4. The van der Waals surface area contributed by atoms with Crippen molar-refractivity contribution in [2.24, 2.45) is 0 Å². The third-order valence-corrected chi connectivity index (χ3v) is 12.8. The molecule has 3 nitrogen and oxygen atoms in total. The molecule has 0 spiro atoms. The van der Waals surface area contributed by atoms with Crippen LogP contribution in [0, 0.1) is 0 Å². The minimum atomic E-state index is -0.198. The number of fused-ring (bicyclic) bond motifs is 9. The molecule has 0 fully saturated rings. The highest BCUT2D eigenvalue weighted by Crippen LogP contribution is 2.54. The van der Waals surface area contributed by atoms with Crippen LogP contribution in [0.2, 0.25) is 0 Å². The molecule has 60 heavy (non-hydrogen) atoms. The van der Waals surface area contributed by atoms with Gasteiger partial charge in [0.1, 0.15) is 11.2 Å². The fourth-order valence-electron chi connectivity index (χ4n) is 10.1. The molecule has 0 amide bonds. The Morgan fingerprint density at radius 3 is 1.87 bits per heavy atom. The molecule has 0 bridgehead atoms. The van der Waals surface area contributed by atoms with Crippen molar-refractivity contribution in [2.45, 2.75) is 19.3 Å². The van der Waals surface area contributed by atoms with E-state index in [0.29, 0.717) is 0 Å². The van der Waals surface area contributed by atoms with Crippen molar-refractivity contribution < 1.29 is 4.42 Å². The summed E-state index contributed by atoms with van der Waals surface area (Å²) >= 11 is 0. The van der Waals surface area contributed by atoms with E-state index < -0.39 is 0 Å². The third kappa shape index (κ3) is 5.15. The van der Waals surface area contributed by atoms with E-state index >= 15 is 0 Å². The van der Waals surface area contributed by atoms with Crippen molar-refractivity contribution in [1.29, 1.82) is 0 Å². The van der Waals surface area contributed by atoms with E-state index in [0.717, 1.165) is 44.6 Å². The monoisotopic (exact) mass is 768 g/mol. The van der Waals surface area contributed by atoms with Gasteiger partial charge in [0.15, 0.2) is 0 Å². The first-order valence-electron chi connectivity index (χ1n) is 20.8. The molecule has 0 radical (unpaired) electrons. The highest BCUT2D eigenvalue weighted by molar-refractivity contribution is 6.17. The topological polar surface area (TPSA) is 21.3 Å². The molecule has 0 saturated heterocycles. The van der Waals surface area contributed by atoms with Gasteiger partial charge >= 0.3 is 0 Å². The molecule has 1 aliphatic rings.